The van der Waals surface area contributed by atoms with Gasteiger partial charge in [0.25, 0.3) is 0 Å². The summed E-state index contributed by atoms with van der Waals surface area (Å²) in [4.78, 5) is 12.0. The fourth-order valence-corrected chi connectivity index (χ4v) is 4.30. The highest BCUT2D eigenvalue weighted by atomic mass is 127. The summed E-state index contributed by atoms with van der Waals surface area (Å²) in [6.45, 7) is 10.1. The van der Waals surface area contributed by atoms with Crippen LogP contribution < -0.4 is 0 Å². The number of ether oxygens (including phenoxy) is 1. The Morgan fingerprint density at radius 1 is 1.29 bits per heavy atom. The average molecular weight is 444 g/mol. The summed E-state index contributed by atoms with van der Waals surface area (Å²) in [5, 5.41) is 10.9. The maximum atomic E-state index is 12.0. The van der Waals surface area contributed by atoms with E-state index in [1.165, 1.54) is 11.1 Å². The first-order chi connectivity index (χ1) is 11.2. The third-order valence-corrected chi connectivity index (χ3v) is 7.10. The van der Waals surface area contributed by atoms with Crippen LogP contribution in [0.3, 0.4) is 0 Å². The molecule has 0 aromatic rings. The summed E-state index contributed by atoms with van der Waals surface area (Å²) < 4.78 is 5.62. The lowest BCUT2D eigenvalue weighted by Crippen LogP contribution is -2.37. The second-order valence-corrected chi connectivity index (χ2v) is 9.02. The van der Waals surface area contributed by atoms with Crippen LogP contribution >= 0.6 is 22.6 Å². The number of carbonyl (C=O) groups is 1. The molecule has 0 spiro atoms. The summed E-state index contributed by atoms with van der Waals surface area (Å²) in [6, 6.07) is 0. The summed E-state index contributed by atoms with van der Waals surface area (Å²) in [7, 11) is 0. The van der Waals surface area contributed by atoms with E-state index in [1.54, 1.807) is 0 Å². The molecule has 0 bridgehead atoms. The average Bonchev–Trinajstić information content (AvgIpc) is 2.73. The number of alkyl halides is 1. The molecule has 134 valence electrons. The van der Waals surface area contributed by atoms with Gasteiger partial charge in [-0.1, -0.05) is 52.5 Å². The van der Waals surface area contributed by atoms with Crippen molar-refractivity contribution in [2.75, 3.05) is 0 Å². The molecule has 4 heteroatoms. The van der Waals surface area contributed by atoms with E-state index in [9.17, 15) is 9.90 Å². The highest BCUT2D eigenvalue weighted by Gasteiger charge is 2.42. The van der Waals surface area contributed by atoms with Crippen molar-refractivity contribution in [1.82, 2.24) is 0 Å². The molecule has 3 nitrogen and oxygen atoms in total. The Labute approximate surface area is 159 Å². The second kappa shape index (κ2) is 8.17. The fourth-order valence-electron chi connectivity index (χ4n) is 3.44. The Balaban J connectivity index is 2.24. The number of fused-ring (bicyclic) bond motifs is 1. The van der Waals surface area contributed by atoms with Crippen molar-refractivity contribution >= 4 is 28.6 Å². The molecule has 0 aromatic carbocycles. The van der Waals surface area contributed by atoms with Crippen LogP contribution in [0.25, 0.3) is 0 Å². The molecule has 1 heterocycles. The number of aliphatic hydroxyl groups is 1. The van der Waals surface area contributed by atoms with E-state index in [0.717, 1.165) is 38.5 Å². The Bertz CT molecular complexity index is 559. The number of hydrogen-bond acceptors (Lipinski definition) is 3. The predicted molar refractivity (Wildman–Crippen MR) is 106 cm³/mol. The molecule has 4 atom stereocenters. The second-order valence-electron chi connectivity index (χ2n) is 7.52. The number of esters is 1. The van der Waals surface area contributed by atoms with Gasteiger partial charge in [-0.2, -0.15) is 0 Å². The molecule has 1 N–H and O–H groups in total. The number of hydrogen-bond donors (Lipinski definition) is 1. The van der Waals surface area contributed by atoms with Crippen molar-refractivity contribution in [3.63, 3.8) is 0 Å². The maximum Gasteiger partial charge on any atom is 0.334 e. The molecule has 1 fully saturated rings. The topological polar surface area (TPSA) is 46.5 Å². The van der Waals surface area contributed by atoms with Gasteiger partial charge in [0.1, 0.15) is 6.10 Å². The number of carbonyl (C=O) groups excluding carboxylic acids is 1. The van der Waals surface area contributed by atoms with Gasteiger partial charge in [-0.15, -0.1) is 0 Å². The Hall–Kier alpha value is -0.620. The summed E-state index contributed by atoms with van der Waals surface area (Å²) in [5.74, 6) is -0.280. The van der Waals surface area contributed by atoms with Gasteiger partial charge in [-0.3, -0.25) is 0 Å². The molecule has 0 unspecified atom stereocenters. The number of rotatable bonds is 0. The van der Waals surface area contributed by atoms with E-state index in [1.807, 2.05) is 6.92 Å². The molecule has 0 amide bonds. The van der Waals surface area contributed by atoms with E-state index >= 15 is 0 Å². The lowest BCUT2D eigenvalue weighted by molar-refractivity contribution is -0.139. The lowest BCUT2D eigenvalue weighted by Gasteiger charge is -2.31. The molecule has 2 aliphatic rings. The Morgan fingerprint density at radius 2 is 1.96 bits per heavy atom. The van der Waals surface area contributed by atoms with Crippen LogP contribution in [-0.4, -0.2) is 26.7 Å². The van der Waals surface area contributed by atoms with Crippen LogP contribution in [0.1, 0.15) is 59.3 Å². The zero-order valence-corrected chi connectivity index (χ0v) is 17.1. The maximum absolute atomic E-state index is 12.0. The van der Waals surface area contributed by atoms with Gasteiger partial charge in [0.05, 0.1) is 5.60 Å². The molecule has 2 rings (SSSR count). The van der Waals surface area contributed by atoms with E-state index in [4.69, 9.17) is 4.74 Å². The minimum atomic E-state index is -0.761. The van der Waals surface area contributed by atoms with E-state index in [0.29, 0.717) is 5.57 Å². The summed E-state index contributed by atoms with van der Waals surface area (Å²) >= 11 is 2.32. The van der Waals surface area contributed by atoms with Gasteiger partial charge < -0.3 is 9.84 Å². The van der Waals surface area contributed by atoms with Crippen LogP contribution in [0.15, 0.2) is 35.5 Å². The first kappa shape index (κ1) is 19.7. The highest BCUT2D eigenvalue weighted by Crippen LogP contribution is 2.39. The summed E-state index contributed by atoms with van der Waals surface area (Å²) in [5.41, 5.74) is 2.43. The Morgan fingerprint density at radius 3 is 2.67 bits per heavy atom. The first-order valence-corrected chi connectivity index (χ1v) is 10.0. The minimum Gasteiger partial charge on any atom is -0.458 e. The van der Waals surface area contributed by atoms with Crippen molar-refractivity contribution in [1.29, 1.82) is 0 Å². The van der Waals surface area contributed by atoms with Gasteiger partial charge in [0.15, 0.2) is 0 Å². The quantitative estimate of drug-likeness (QED) is 0.190. The van der Waals surface area contributed by atoms with Gasteiger partial charge in [-0.25, -0.2) is 4.79 Å². The van der Waals surface area contributed by atoms with Crippen LogP contribution in [0, 0.1) is 5.92 Å². The van der Waals surface area contributed by atoms with Crippen molar-refractivity contribution in [3.8, 4) is 0 Å². The van der Waals surface area contributed by atoms with E-state index in [-0.39, 0.29) is 21.9 Å². The van der Waals surface area contributed by atoms with E-state index < -0.39 is 5.60 Å². The monoisotopic (exact) mass is 444 g/mol. The first-order valence-electron chi connectivity index (χ1n) is 8.78. The molecular formula is C20H29IO3. The molecule has 0 radical (unpaired) electrons. The molecule has 24 heavy (non-hydrogen) atoms. The smallest absolute Gasteiger partial charge is 0.334 e. The molecule has 0 aromatic heterocycles. The molecular weight excluding hydrogens is 415 g/mol. The van der Waals surface area contributed by atoms with Crippen LogP contribution in [0.5, 0.6) is 0 Å². The minimum absolute atomic E-state index is 0.00514. The Kier molecular flexibility index (Phi) is 6.71. The number of allylic oxidation sites excluding steroid dienone is 3. The van der Waals surface area contributed by atoms with Gasteiger partial charge in [0.2, 0.25) is 0 Å². The third kappa shape index (κ3) is 4.94. The largest absolute Gasteiger partial charge is 0.458 e. The van der Waals surface area contributed by atoms with Gasteiger partial charge in [-0.05, 0) is 52.9 Å². The van der Waals surface area contributed by atoms with Gasteiger partial charge in [0, 0.05) is 21.8 Å². The third-order valence-electron chi connectivity index (χ3n) is 5.25. The normalized spacial score (nSPS) is 40.6. The molecule has 1 saturated heterocycles. The summed E-state index contributed by atoms with van der Waals surface area (Å²) in [6.07, 6.45) is 9.48. The van der Waals surface area contributed by atoms with Crippen LogP contribution in [0.4, 0.5) is 0 Å². The zero-order valence-electron chi connectivity index (χ0n) is 15.0. The standard InChI is InChI=1S/C20H29IO3/c1-13-7-5-8-14(2)11-17-16(15(3)19(22)24-17)12-18(21)20(4,23)10-6-9-13/h8-9,16-18,23H,3,5-7,10-12H2,1-2,4H3/b13-9+,14-8+/t16-,17-,18+,20+/m0/s1. The predicted octanol–water partition coefficient (Wildman–Crippen LogP) is 4.89. The number of halogens is 1. The highest BCUT2D eigenvalue weighted by molar-refractivity contribution is 14.1. The zero-order chi connectivity index (χ0) is 17.9. The lowest BCUT2D eigenvalue weighted by atomic mass is 9.83. The van der Waals surface area contributed by atoms with Crippen molar-refractivity contribution in [2.24, 2.45) is 5.92 Å². The SMILES string of the molecule is C=C1C(=O)O[C@H]2C/C(C)=C/CC/C(C)=C/CC[C@@](C)(O)[C@H](I)C[C@@H]12. The molecule has 0 saturated carbocycles. The van der Waals surface area contributed by atoms with Crippen LogP contribution in [0.2, 0.25) is 0 Å². The molecule has 1 aliphatic carbocycles. The molecule has 1 aliphatic heterocycles. The fraction of sp³-hybridized carbons (Fsp3) is 0.650. The van der Waals surface area contributed by atoms with Crippen molar-refractivity contribution in [3.05, 3.63) is 35.5 Å². The van der Waals surface area contributed by atoms with Crippen molar-refractivity contribution in [2.45, 2.75) is 74.9 Å². The van der Waals surface area contributed by atoms with Crippen molar-refractivity contribution < 1.29 is 14.6 Å². The van der Waals surface area contributed by atoms with E-state index in [2.05, 4.69) is 55.2 Å². The van der Waals surface area contributed by atoms with Gasteiger partial charge >= 0.3 is 5.97 Å². The van der Waals surface area contributed by atoms with Crippen LogP contribution in [-0.2, 0) is 9.53 Å².